The van der Waals surface area contributed by atoms with E-state index in [0.717, 1.165) is 61.6 Å². The van der Waals surface area contributed by atoms with Gasteiger partial charge >= 0.3 is 5.97 Å². The summed E-state index contributed by atoms with van der Waals surface area (Å²) in [6.07, 6.45) is 1.72. The van der Waals surface area contributed by atoms with Crippen LogP contribution in [0.4, 0.5) is 5.69 Å². The van der Waals surface area contributed by atoms with Gasteiger partial charge in [0.1, 0.15) is 9.71 Å². The normalized spacial score (nSPS) is 16.6. The summed E-state index contributed by atoms with van der Waals surface area (Å²) in [5, 5.41) is 13.6. The van der Waals surface area contributed by atoms with Gasteiger partial charge in [-0.25, -0.2) is 14.8 Å². The number of aromatic nitrogens is 1. The van der Waals surface area contributed by atoms with Crippen LogP contribution in [-0.4, -0.2) is 79.9 Å². The standard InChI is InChI=1S/C20H19N3O3S.C4H9NO/c1-13-11-15(14-5-3-2-4-6-14)22-19-16(13)17(18(27-19)20(24)25)21-12-23-7-9-26-10-8-23;1-3-6-4-2-5-1/h2-6,11-12H,7-10H2,1H3,(H,24,25);5H,1-4H2. The molecular formula is C24H28N4O4S. The van der Waals surface area contributed by atoms with Crippen LogP contribution in [0.15, 0.2) is 41.4 Å². The third-order valence-corrected chi connectivity index (χ3v) is 6.40. The molecule has 0 amide bonds. The van der Waals surface area contributed by atoms with E-state index >= 15 is 0 Å². The van der Waals surface area contributed by atoms with Crippen molar-refractivity contribution < 1.29 is 19.4 Å². The first-order chi connectivity index (χ1) is 16.1. The summed E-state index contributed by atoms with van der Waals surface area (Å²) in [6, 6.07) is 11.9. The maximum atomic E-state index is 11.8. The summed E-state index contributed by atoms with van der Waals surface area (Å²) >= 11 is 1.17. The number of fused-ring (bicyclic) bond motifs is 1. The van der Waals surface area contributed by atoms with Crippen molar-refractivity contribution in [2.45, 2.75) is 6.92 Å². The summed E-state index contributed by atoms with van der Waals surface area (Å²) in [6.45, 7) is 8.63. The van der Waals surface area contributed by atoms with Crippen LogP contribution in [0.5, 0.6) is 0 Å². The molecule has 0 radical (unpaired) electrons. The van der Waals surface area contributed by atoms with Crippen molar-refractivity contribution in [3.8, 4) is 11.3 Å². The van der Waals surface area contributed by atoms with Gasteiger partial charge in [0.2, 0.25) is 0 Å². The summed E-state index contributed by atoms with van der Waals surface area (Å²) in [7, 11) is 0. The van der Waals surface area contributed by atoms with E-state index in [9.17, 15) is 9.90 Å². The van der Waals surface area contributed by atoms with E-state index in [4.69, 9.17) is 14.5 Å². The Labute approximate surface area is 196 Å². The number of nitrogens with zero attached hydrogens (tertiary/aromatic N) is 3. The molecule has 0 atom stereocenters. The predicted octanol–water partition coefficient (Wildman–Crippen LogP) is 3.57. The number of aryl methyl sites for hydroxylation is 1. The van der Waals surface area contributed by atoms with Crippen molar-refractivity contribution in [1.82, 2.24) is 15.2 Å². The summed E-state index contributed by atoms with van der Waals surface area (Å²) in [5.41, 5.74) is 3.30. The molecule has 33 heavy (non-hydrogen) atoms. The zero-order chi connectivity index (χ0) is 23.0. The molecule has 1 aromatic carbocycles. The van der Waals surface area contributed by atoms with Crippen molar-refractivity contribution in [3.63, 3.8) is 0 Å². The van der Waals surface area contributed by atoms with E-state index < -0.39 is 5.97 Å². The second-order valence-corrected chi connectivity index (χ2v) is 8.71. The molecule has 2 fully saturated rings. The molecule has 2 saturated heterocycles. The molecule has 0 unspecified atom stereocenters. The van der Waals surface area contributed by atoms with Gasteiger partial charge in [0, 0.05) is 37.1 Å². The van der Waals surface area contributed by atoms with E-state index in [1.807, 2.05) is 48.2 Å². The molecule has 2 aromatic heterocycles. The molecule has 4 heterocycles. The van der Waals surface area contributed by atoms with Crippen LogP contribution >= 0.6 is 11.3 Å². The third kappa shape index (κ3) is 5.94. The Kier molecular flexibility index (Phi) is 8.01. The minimum Gasteiger partial charge on any atom is -0.477 e. The number of hydrogen-bond acceptors (Lipinski definition) is 7. The number of carboxylic acid groups (broad SMARTS) is 1. The van der Waals surface area contributed by atoms with Gasteiger partial charge in [-0.1, -0.05) is 30.3 Å². The molecule has 0 saturated carbocycles. The van der Waals surface area contributed by atoms with Gasteiger partial charge in [-0.15, -0.1) is 11.3 Å². The summed E-state index contributed by atoms with van der Waals surface area (Å²) in [4.78, 5) is 24.0. The fourth-order valence-corrected chi connectivity index (χ4v) is 4.67. The Morgan fingerprint density at radius 3 is 2.45 bits per heavy atom. The zero-order valence-corrected chi connectivity index (χ0v) is 19.4. The molecule has 9 heteroatoms. The van der Waals surface area contributed by atoms with Gasteiger partial charge in [0.25, 0.3) is 0 Å². The lowest BCUT2D eigenvalue weighted by atomic mass is 10.1. The average molecular weight is 469 g/mol. The highest BCUT2D eigenvalue weighted by atomic mass is 32.1. The number of rotatable bonds is 4. The van der Waals surface area contributed by atoms with Crippen molar-refractivity contribution >= 4 is 39.5 Å². The lowest BCUT2D eigenvalue weighted by Gasteiger charge is -2.24. The molecule has 8 nitrogen and oxygen atoms in total. The molecule has 2 aliphatic heterocycles. The van der Waals surface area contributed by atoms with Crippen molar-refractivity contribution in [2.24, 2.45) is 4.99 Å². The van der Waals surface area contributed by atoms with Crippen LogP contribution in [0.1, 0.15) is 15.2 Å². The number of nitrogens with one attached hydrogen (secondary N) is 1. The number of aromatic carboxylic acids is 1. The first-order valence-electron chi connectivity index (χ1n) is 11.0. The SMILES string of the molecule is C1COCCN1.Cc1cc(-c2ccccc2)nc2sc(C(=O)O)c(N=CN3CCOCC3)c12. The highest BCUT2D eigenvalue weighted by Crippen LogP contribution is 2.40. The van der Waals surface area contributed by atoms with Crippen LogP contribution in [-0.2, 0) is 9.47 Å². The number of pyridine rings is 1. The lowest BCUT2D eigenvalue weighted by Crippen LogP contribution is -2.35. The van der Waals surface area contributed by atoms with Crippen LogP contribution in [0, 0.1) is 6.92 Å². The monoisotopic (exact) mass is 468 g/mol. The van der Waals surface area contributed by atoms with Gasteiger partial charge in [-0.3, -0.25) is 0 Å². The van der Waals surface area contributed by atoms with Gasteiger partial charge in [0.15, 0.2) is 0 Å². The van der Waals surface area contributed by atoms with Gasteiger partial charge < -0.3 is 24.8 Å². The van der Waals surface area contributed by atoms with Crippen LogP contribution in [0.2, 0.25) is 0 Å². The number of carbonyl (C=O) groups is 1. The fraction of sp³-hybridized carbons (Fsp3) is 0.375. The molecule has 3 aromatic rings. The largest absolute Gasteiger partial charge is 0.477 e. The minimum absolute atomic E-state index is 0.218. The molecule has 174 valence electrons. The Bertz CT molecular complexity index is 1100. The van der Waals surface area contributed by atoms with E-state index in [-0.39, 0.29) is 4.88 Å². The maximum Gasteiger partial charge on any atom is 0.348 e. The topological polar surface area (TPSA) is 96.3 Å². The summed E-state index contributed by atoms with van der Waals surface area (Å²) < 4.78 is 10.3. The minimum atomic E-state index is -0.979. The number of hydrogen-bond donors (Lipinski definition) is 2. The third-order valence-electron chi connectivity index (χ3n) is 5.34. The first kappa shape index (κ1) is 23.3. The van der Waals surface area contributed by atoms with Gasteiger partial charge in [-0.2, -0.15) is 0 Å². The van der Waals surface area contributed by atoms with Crippen molar-refractivity contribution in [2.75, 3.05) is 52.6 Å². The highest BCUT2D eigenvalue weighted by molar-refractivity contribution is 7.21. The zero-order valence-electron chi connectivity index (χ0n) is 18.6. The van der Waals surface area contributed by atoms with Gasteiger partial charge in [0.05, 0.1) is 44.1 Å². The van der Waals surface area contributed by atoms with E-state index in [2.05, 4.69) is 10.3 Å². The molecule has 0 spiro atoms. The van der Waals surface area contributed by atoms with Crippen molar-refractivity contribution in [3.05, 3.63) is 46.8 Å². The van der Waals surface area contributed by atoms with E-state index in [1.54, 1.807) is 6.34 Å². The van der Waals surface area contributed by atoms with Crippen LogP contribution < -0.4 is 5.32 Å². The Hall–Kier alpha value is -2.85. The van der Waals surface area contributed by atoms with Crippen molar-refractivity contribution in [1.29, 1.82) is 0 Å². The second-order valence-electron chi connectivity index (χ2n) is 7.71. The first-order valence-corrected chi connectivity index (χ1v) is 11.8. The highest BCUT2D eigenvalue weighted by Gasteiger charge is 2.21. The molecule has 2 aliphatic rings. The Morgan fingerprint density at radius 2 is 1.85 bits per heavy atom. The van der Waals surface area contributed by atoms with Gasteiger partial charge in [-0.05, 0) is 18.6 Å². The van der Waals surface area contributed by atoms with E-state index in [1.165, 1.54) is 11.3 Å². The molecule has 5 rings (SSSR count). The quantitative estimate of drug-likeness (QED) is 0.446. The molecule has 2 N–H and O–H groups in total. The number of benzene rings is 1. The number of ether oxygens (including phenoxy) is 2. The lowest BCUT2D eigenvalue weighted by molar-refractivity contribution is 0.0696. The summed E-state index contributed by atoms with van der Waals surface area (Å²) in [5.74, 6) is -0.979. The average Bonchev–Trinajstić information content (AvgIpc) is 3.25. The predicted molar refractivity (Wildman–Crippen MR) is 131 cm³/mol. The smallest absolute Gasteiger partial charge is 0.348 e. The fourth-order valence-electron chi connectivity index (χ4n) is 3.64. The molecule has 0 bridgehead atoms. The van der Waals surface area contributed by atoms with E-state index in [0.29, 0.717) is 23.7 Å². The number of morpholine rings is 2. The number of carboxylic acids is 1. The van der Waals surface area contributed by atoms with Crippen LogP contribution in [0.25, 0.3) is 21.5 Å². The second kappa shape index (κ2) is 11.3. The molecular weight excluding hydrogens is 440 g/mol. The Balaban J connectivity index is 0.000000376. The Morgan fingerprint density at radius 1 is 1.15 bits per heavy atom. The number of thiophene rings is 1. The maximum absolute atomic E-state index is 11.8. The molecule has 0 aliphatic carbocycles. The van der Waals surface area contributed by atoms with Crippen LogP contribution in [0.3, 0.4) is 0 Å². The number of aliphatic imine (C=N–C) groups is 1.